The van der Waals surface area contributed by atoms with Gasteiger partial charge in [-0.25, -0.2) is 4.98 Å². The summed E-state index contributed by atoms with van der Waals surface area (Å²) in [4.78, 5) is 31.8. The van der Waals surface area contributed by atoms with Gasteiger partial charge < -0.3 is 5.32 Å². The van der Waals surface area contributed by atoms with Crippen LogP contribution in [0.15, 0.2) is 17.3 Å². The van der Waals surface area contributed by atoms with Gasteiger partial charge in [-0.15, -0.1) is 11.3 Å². The van der Waals surface area contributed by atoms with E-state index in [0.29, 0.717) is 22.5 Å². The minimum atomic E-state index is -0.736. The summed E-state index contributed by atoms with van der Waals surface area (Å²) in [5.74, 6) is -0.0824. The maximum atomic E-state index is 12.9. The topological polar surface area (TPSA) is 106 Å². The van der Waals surface area contributed by atoms with E-state index in [1.807, 2.05) is 26.8 Å². The Hall–Kier alpha value is -2.99. The molecule has 1 N–H and O–H groups in total. The van der Waals surface area contributed by atoms with Gasteiger partial charge in [0.15, 0.2) is 0 Å². The second-order valence-corrected chi connectivity index (χ2v) is 7.18. The average molecular weight is 370 g/mol. The van der Waals surface area contributed by atoms with Crippen molar-refractivity contribution in [1.29, 1.82) is 5.26 Å². The number of carbonyl (C=O) groups excluding carboxylic acids is 1. The Morgan fingerprint density at radius 3 is 2.85 bits per heavy atom. The van der Waals surface area contributed by atoms with E-state index in [-0.39, 0.29) is 17.0 Å². The smallest absolute Gasteiger partial charge is 0.263 e. The van der Waals surface area contributed by atoms with E-state index in [4.69, 9.17) is 5.26 Å². The van der Waals surface area contributed by atoms with Crippen LogP contribution in [0.25, 0.3) is 10.2 Å². The molecule has 0 bridgehead atoms. The molecule has 8 nitrogen and oxygen atoms in total. The number of anilines is 1. The predicted octanol–water partition coefficient (Wildman–Crippen LogP) is 2.27. The third kappa shape index (κ3) is 2.78. The molecule has 0 fully saturated rings. The van der Waals surface area contributed by atoms with Crippen molar-refractivity contribution in [1.82, 2.24) is 19.3 Å². The Balaban J connectivity index is 2.02. The van der Waals surface area contributed by atoms with Crippen LogP contribution in [0, 0.1) is 25.2 Å². The molecule has 0 saturated carbocycles. The number of nitrogens with zero attached hydrogens (tertiary/aromatic N) is 5. The zero-order valence-corrected chi connectivity index (χ0v) is 15.7. The third-order valence-electron chi connectivity index (χ3n) is 4.44. The summed E-state index contributed by atoms with van der Waals surface area (Å²) in [6.07, 6.45) is 3.21. The first-order valence-corrected chi connectivity index (χ1v) is 8.90. The lowest BCUT2D eigenvalue weighted by Gasteiger charge is -2.17. The molecule has 3 heterocycles. The van der Waals surface area contributed by atoms with Gasteiger partial charge in [0.25, 0.3) is 5.56 Å². The Morgan fingerprint density at radius 2 is 2.19 bits per heavy atom. The first kappa shape index (κ1) is 17.8. The summed E-state index contributed by atoms with van der Waals surface area (Å²) in [5, 5.41) is 16.4. The molecule has 1 atom stereocenters. The molecule has 0 spiro atoms. The Labute approximate surface area is 153 Å². The summed E-state index contributed by atoms with van der Waals surface area (Å²) in [6.45, 7) is 5.65. The van der Waals surface area contributed by atoms with Crippen LogP contribution >= 0.6 is 11.3 Å². The van der Waals surface area contributed by atoms with Crippen molar-refractivity contribution in [3.05, 3.63) is 38.9 Å². The highest BCUT2D eigenvalue weighted by Crippen LogP contribution is 2.26. The second kappa shape index (κ2) is 6.72. The first-order chi connectivity index (χ1) is 12.4. The minimum Gasteiger partial charge on any atom is -0.308 e. The van der Waals surface area contributed by atoms with Crippen LogP contribution in [0.1, 0.15) is 35.4 Å². The van der Waals surface area contributed by atoms with Crippen LogP contribution < -0.4 is 10.9 Å². The van der Waals surface area contributed by atoms with Gasteiger partial charge in [0.1, 0.15) is 28.3 Å². The van der Waals surface area contributed by atoms with E-state index >= 15 is 0 Å². The van der Waals surface area contributed by atoms with Crippen LogP contribution in [-0.4, -0.2) is 25.2 Å². The standard InChI is InChI=1S/C17H18N6O2S/c1-5-12(15(24)21-14-11(6-18)7-20-22(14)4)23-8-19-16-13(17(23)25)9(2)10(3)26-16/h7-8,12H,5H2,1-4H3,(H,21,24). The number of aryl methyl sites for hydroxylation is 3. The monoisotopic (exact) mass is 370 g/mol. The average Bonchev–Trinajstić information content (AvgIpc) is 3.11. The molecule has 0 aromatic carbocycles. The van der Waals surface area contributed by atoms with Crippen molar-refractivity contribution in [2.45, 2.75) is 33.2 Å². The molecule has 3 aromatic rings. The second-order valence-electron chi connectivity index (χ2n) is 5.98. The van der Waals surface area contributed by atoms with Crippen LogP contribution in [-0.2, 0) is 11.8 Å². The van der Waals surface area contributed by atoms with E-state index in [9.17, 15) is 9.59 Å². The van der Waals surface area contributed by atoms with E-state index in [0.717, 1.165) is 10.4 Å². The largest absolute Gasteiger partial charge is 0.308 e. The van der Waals surface area contributed by atoms with Crippen molar-refractivity contribution in [3.63, 3.8) is 0 Å². The molecule has 26 heavy (non-hydrogen) atoms. The lowest BCUT2D eigenvalue weighted by atomic mass is 10.1. The lowest BCUT2D eigenvalue weighted by molar-refractivity contribution is -0.119. The number of aromatic nitrogens is 4. The number of fused-ring (bicyclic) bond motifs is 1. The Morgan fingerprint density at radius 1 is 1.46 bits per heavy atom. The van der Waals surface area contributed by atoms with Gasteiger partial charge in [-0.1, -0.05) is 6.92 Å². The van der Waals surface area contributed by atoms with Gasteiger partial charge >= 0.3 is 0 Å². The number of carbonyl (C=O) groups is 1. The van der Waals surface area contributed by atoms with Crippen molar-refractivity contribution < 1.29 is 4.79 Å². The zero-order chi connectivity index (χ0) is 19.0. The molecule has 0 saturated heterocycles. The van der Waals surface area contributed by atoms with E-state index in [1.54, 1.807) is 7.05 Å². The zero-order valence-electron chi connectivity index (χ0n) is 14.9. The van der Waals surface area contributed by atoms with Crippen molar-refractivity contribution in [2.24, 2.45) is 7.05 Å². The Kier molecular flexibility index (Phi) is 4.61. The number of hydrogen-bond donors (Lipinski definition) is 1. The van der Waals surface area contributed by atoms with Gasteiger partial charge in [0, 0.05) is 11.9 Å². The highest BCUT2D eigenvalue weighted by Gasteiger charge is 2.24. The molecule has 0 aliphatic rings. The summed E-state index contributed by atoms with van der Waals surface area (Å²) < 4.78 is 2.78. The molecule has 1 unspecified atom stereocenters. The predicted molar refractivity (Wildman–Crippen MR) is 99.2 cm³/mol. The summed E-state index contributed by atoms with van der Waals surface area (Å²) in [7, 11) is 1.63. The van der Waals surface area contributed by atoms with Gasteiger partial charge in [-0.2, -0.15) is 10.4 Å². The first-order valence-electron chi connectivity index (χ1n) is 8.08. The van der Waals surface area contributed by atoms with Gasteiger partial charge in [0.2, 0.25) is 5.91 Å². The van der Waals surface area contributed by atoms with Crippen molar-refractivity contribution in [3.8, 4) is 6.07 Å². The number of nitrogens with one attached hydrogen (secondary N) is 1. The number of nitriles is 1. The molecule has 0 aliphatic carbocycles. The number of rotatable bonds is 4. The normalized spacial score (nSPS) is 12.1. The van der Waals surface area contributed by atoms with Crippen LogP contribution in [0.4, 0.5) is 5.82 Å². The quantitative estimate of drug-likeness (QED) is 0.758. The van der Waals surface area contributed by atoms with Gasteiger partial charge in [-0.05, 0) is 25.8 Å². The summed E-state index contributed by atoms with van der Waals surface area (Å²) >= 11 is 1.47. The highest BCUT2D eigenvalue weighted by molar-refractivity contribution is 7.18. The van der Waals surface area contributed by atoms with Gasteiger partial charge in [0.05, 0.1) is 17.9 Å². The number of thiophene rings is 1. The lowest BCUT2D eigenvalue weighted by Crippen LogP contribution is -2.33. The highest BCUT2D eigenvalue weighted by atomic mass is 32.1. The molecule has 9 heteroatoms. The van der Waals surface area contributed by atoms with Crippen molar-refractivity contribution >= 4 is 33.3 Å². The van der Waals surface area contributed by atoms with Crippen LogP contribution in [0.5, 0.6) is 0 Å². The van der Waals surface area contributed by atoms with Gasteiger partial charge in [-0.3, -0.25) is 18.8 Å². The fourth-order valence-corrected chi connectivity index (χ4v) is 3.83. The molecule has 0 aliphatic heterocycles. The number of hydrogen-bond acceptors (Lipinski definition) is 6. The summed E-state index contributed by atoms with van der Waals surface area (Å²) in [5.41, 5.74) is 0.927. The van der Waals surface area contributed by atoms with Crippen LogP contribution in [0.3, 0.4) is 0 Å². The maximum Gasteiger partial charge on any atom is 0.263 e. The van der Waals surface area contributed by atoms with Crippen LogP contribution in [0.2, 0.25) is 0 Å². The van der Waals surface area contributed by atoms with E-state index < -0.39 is 6.04 Å². The maximum absolute atomic E-state index is 12.9. The molecule has 3 rings (SSSR count). The molecular formula is C17H18N6O2S. The minimum absolute atomic E-state index is 0.232. The number of amides is 1. The molecule has 3 aromatic heterocycles. The third-order valence-corrected chi connectivity index (χ3v) is 5.56. The SMILES string of the molecule is CCC(C(=O)Nc1c(C#N)cnn1C)n1cnc2sc(C)c(C)c2c1=O. The Bertz CT molecular complexity index is 1100. The molecule has 0 radical (unpaired) electrons. The van der Waals surface area contributed by atoms with E-state index in [2.05, 4.69) is 15.4 Å². The van der Waals surface area contributed by atoms with E-state index in [1.165, 1.54) is 33.1 Å². The van der Waals surface area contributed by atoms with Crippen molar-refractivity contribution in [2.75, 3.05) is 5.32 Å². The molecule has 1 amide bonds. The molecular weight excluding hydrogens is 352 g/mol. The molecule has 134 valence electrons. The summed E-state index contributed by atoms with van der Waals surface area (Å²) in [6, 6.07) is 1.25. The fourth-order valence-electron chi connectivity index (χ4n) is 2.85. The fraction of sp³-hybridized carbons (Fsp3) is 0.353.